The number of fused-ring (bicyclic) bond motifs is 1. The van der Waals surface area contributed by atoms with Gasteiger partial charge in [0.15, 0.2) is 5.78 Å². The number of nitrogens with zero attached hydrogens (tertiary/aromatic N) is 1. The first-order valence-electron chi connectivity index (χ1n) is 15.9. The fraction of sp³-hybridized carbons (Fsp3) is 0.750. The average molecular weight is 651 g/mol. The van der Waals surface area contributed by atoms with Crippen molar-refractivity contribution in [2.24, 2.45) is 10.4 Å². The minimum Gasteiger partial charge on any atom is -0.511 e. The summed E-state index contributed by atoms with van der Waals surface area (Å²) in [5, 5.41) is 19.7. The van der Waals surface area contributed by atoms with Gasteiger partial charge in [0.25, 0.3) is 0 Å². The number of hydrogen-bond donors (Lipinski definition) is 4. The number of terminal acetylenes is 1. The molecule has 2 fully saturated rings. The average Bonchev–Trinajstić information content (AvgIpc) is 3.53. The molecule has 3 rings (SSSR count). The van der Waals surface area contributed by atoms with Gasteiger partial charge in [-0.25, -0.2) is 4.79 Å². The van der Waals surface area contributed by atoms with Crippen molar-refractivity contribution in [1.29, 1.82) is 0 Å². The first kappa shape index (κ1) is 36.8. The van der Waals surface area contributed by atoms with E-state index in [4.69, 9.17) is 25.4 Å². The summed E-state index contributed by atoms with van der Waals surface area (Å²) in [4.78, 5) is 40.5. The molecule has 3 amide bonds. The molecule has 3 atom stereocenters. The smallest absolute Gasteiger partial charge is 0.315 e. The lowest BCUT2D eigenvalue weighted by Gasteiger charge is -2.30. The van der Waals surface area contributed by atoms with Gasteiger partial charge in [-0.2, -0.15) is 11.8 Å². The van der Waals surface area contributed by atoms with Crippen molar-refractivity contribution in [2.75, 3.05) is 71.7 Å². The molecule has 0 radical (unpaired) electrons. The van der Waals surface area contributed by atoms with Crippen LogP contribution in [-0.4, -0.2) is 118 Å². The third kappa shape index (κ3) is 13.3. The number of Topliss-reactive ketones (excluding diaryl/α,β-unsaturated/α-hetero) is 1. The Morgan fingerprint density at radius 2 is 1.67 bits per heavy atom. The summed E-state index contributed by atoms with van der Waals surface area (Å²) < 4.78 is 22.2. The van der Waals surface area contributed by atoms with Crippen molar-refractivity contribution in [3.63, 3.8) is 0 Å². The number of rotatable bonds is 22. The Bertz CT molecular complexity index is 1090. The van der Waals surface area contributed by atoms with E-state index in [0.717, 1.165) is 25.0 Å². The van der Waals surface area contributed by atoms with E-state index in [9.17, 15) is 19.5 Å². The highest BCUT2D eigenvalue weighted by Gasteiger charge is 2.42. The number of aliphatic imine (C=N–C) groups is 1. The molecule has 13 heteroatoms. The van der Waals surface area contributed by atoms with E-state index in [2.05, 4.69) is 26.9 Å². The second-order valence-corrected chi connectivity index (χ2v) is 13.4. The lowest BCUT2D eigenvalue weighted by Crippen LogP contribution is -2.36. The number of nitrogens with one attached hydrogen (secondary N) is 3. The monoisotopic (exact) mass is 650 g/mol. The van der Waals surface area contributed by atoms with Crippen LogP contribution in [0, 0.1) is 17.8 Å². The van der Waals surface area contributed by atoms with Crippen molar-refractivity contribution in [3.05, 3.63) is 11.3 Å². The van der Waals surface area contributed by atoms with Gasteiger partial charge in [-0.1, -0.05) is 26.2 Å². The number of unbranched alkanes of at least 4 members (excludes halogenated alkanes) is 1. The molecule has 0 aromatic carbocycles. The van der Waals surface area contributed by atoms with Gasteiger partial charge in [0.2, 0.25) is 5.91 Å². The van der Waals surface area contributed by atoms with Crippen molar-refractivity contribution in [3.8, 4) is 12.3 Å². The summed E-state index contributed by atoms with van der Waals surface area (Å²) in [6.07, 6.45) is 9.79. The van der Waals surface area contributed by atoms with Gasteiger partial charge in [-0.3, -0.25) is 14.6 Å². The van der Waals surface area contributed by atoms with Crippen LogP contribution in [0.5, 0.6) is 0 Å². The second kappa shape index (κ2) is 19.8. The molecular weight excluding hydrogens is 600 g/mol. The molecule has 45 heavy (non-hydrogen) atoms. The Morgan fingerprint density at radius 1 is 1.00 bits per heavy atom. The third-order valence-electron chi connectivity index (χ3n) is 7.75. The number of amides is 3. The van der Waals surface area contributed by atoms with E-state index in [1.54, 1.807) is 0 Å². The quantitative estimate of drug-likeness (QED) is 0.0599. The van der Waals surface area contributed by atoms with E-state index in [0.29, 0.717) is 96.0 Å². The molecule has 3 unspecified atom stereocenters. The number of carbonyl (C=O) groups is 3. The minimum absolute atomic E-state index is 0.0290. The molecule has 2 saturated heterocycles. The number of carbonyl (C=O) groups excluding carboxylic acids is 3. The van der Waals surface area contributed by atoms with E-state index >= 15 is 0 Å². The van der Waals surface area contributed by atoms with E-state index in [1.165, 1.54) is 0 Å². The van der Waals surface area contributed by atoms with Crippen molar-refractivity contribution < 1.29 is 38.4 Å². The SMILES string of the molecule is C#CCN=C(CCOCCOCCOCCOCCNC(=O)CCCCC1SCC2NC(=O)NC21)C1=C(O)CC(C)(C)CC1=O. The normalized spacial score (nSPS) is 22.6. The van der Waals surface area contributed by atoms with Gasteiger partial charge in [0, 0.05) is 43.2 Å². The first-order chi connectivity index (χ1) is 21.7. The predicted molar refractivity (Wildman–Crippen MR) is 174 cm³/mol. The fourth-order valence-corrected chi connectivity index (χ4v) is 7.14. The molecule has 1 aliphatic carbocycles. The number of allylic oxidation sites excluding steroid dienone is 2. The molecule has 0 spiro atoms. The summed E-state index contributed by atoms with van der Waals surface area (Å²) >= 11 is 1.89. The van der Waals surface area contributed by atoms with E-state index in [-0.39, 0.29) is 53.1 Å². The second-order valence-electron chi connectivity index (χ2n) is 12.1. The summed E-state index contributed by atoms with van der Waals surface area (Å²) in [6.45, 7) is 7.75. The Morgan fingerprint density at radius 3 is 2.33 bits per heavy atom. The lowest BCUT2D eigenvalue weighted by atomic mass is 9.75. The van der Waals surface area contributed by atoms with Crippen LogP contribution < -0.4 is 16.0 Å². The zero-order valence-electron chi connectivity index (χ0n) is 26.7. The fourth-order valence-electron chi connectivity index (χ4n) is 5.60. The number of thioether (sulfide) groups is 1. The van der Waals surface area contributed by atoms with Gasteiger partial charge in [-0.15, -0.1) is 6.42 Å². The van der Waals surface area contributed by atoms with Crippen LogP contribution in [0.4, 0.5) is 4.79 Å². The summed E-state index contributed by atoms with van der Waals surface area (Å²) in [7, 11) is 0. The first-order valence-corrected chi connectivity index (χ1v) is 16.9. The summed E-state index contributed by atoms with van der Waals surface area (Å²) in [5.41, 5.74) is 0.505. The molecule has 0 bridgehead atoms. The maximum Gasteiger partial charge on any atom is 0.315 e. The zero-order chi connectivity index (χ0) is 32.5. The van der Waals surface area contributed by atoms with Gasteiger partial charge in [0.05, 0.1) is 82.8 Å². The number of ether oxygens (including phenoxy) is 4. The highest BCUT2D eigenvalue weighted by Crippen LogP contribution is 2.36. The Labute approximate surface area is 271 Å². The summed E-state index contributed by atoms with van der Waals surface area (Å²) in [6, 6.07) is 0.386. The Kier molecular flexibility index (Phi) is 16.2. The minimum atomic E-state index is -0.275. The highest BCUT2D eigenvalue weighted by molar-refractivity contribution is 8.00. The van der Waals surface area contributed by atoms with Crippen LogP contribution in [-0.2, 0) is 28.5 Å². The molecule has 0 aromatic rings. The number of aliphatic hydroxyl groups is 1. The largest absolute Gasteiger partial charge is 0.511 e. The molecule has 2 aliphatic heterocycles. The molecule has 2 heterocycles. The van der Waals surface area contributed by atoms with Crippen LogP contribution in [0.3, 0.4) is 0 Å². The maximum absolute atomic E-state index is 12.6. The maximum atomic E-state index is 12.6. The van der Waals surface area contributed by atoms with E-state index in [1.807, 2.05) is 25.6 Å². The standard InChI is InChI=1S/C32H50N4O8S/c1-4-10-33-23(29-25(37)20-32(2,3)21-26(29)38)9-12-41-14-16-43-18-19-44-17-15-42-13-11-34-28(39)8-6-5-7-27-30-24(22-45-27)35-31(40)36-30/h1,24,27,30,37H,5-22H2,2-3H3,(H,34,39)(H2,35,36,40). The van der Waals surface area contributed by atoms with Crippen LogP contribution in [0.25, 0.3) is 0 Å². The van der Waals surface area contributed by atoms with Crippen LogP contribution >= 0.6 is 11.8 Å². The number of hydrogen-bond acceptors (Lipinski definition) is 10. The van der Waals surface area contributed by atoms with Gasteiger partial charge in [0.1, 0.15) is 5.76 Å². The Balaban J connectivity index is 1.09. The molecule has 3 aliphatic rings. The zero-order valence-corrected chi connectivity index (χ0v) is 27.5. The molecule has 12 nitrogen and oxygen atoms in total. The number of aliphatic hydroxyl groups excluding tert-OH is 1. The highest BCUT2D eigenvalue weighted by atomic mass is 32.2. The lowest BCUT2D eigenvalue weighted by molar-refractivity contribution is -0.121. The van der Waals surface area contributed by atoms with E-state index < -0.39 is 0 Å². The van der Waals surface area contributed by atoms with Crippen molar-refractivity contribution in [2.45, 2.75) is 76.1 Å². The van der Waals surface area contributed by atoms with Gasteiger partial charge in [-0.05, 0) is 18.3 Å². The summed E-state index contributed by atoms with van der Waals surface area (Å²) in [5.74, 6) is 3.39. The third-order valence-corrected chi connectivity index (χ3v) is 9.26. The van der Waals surface area contributed by atoms with Gasteiger partial charge >= 0.3 is 6.03 Å². The van der Waals surface area contributed by atoms with Gasteiger partial charge < -0.3 is 40.0 Å². The number of urea groups is 1. The molecule has 0 saturated carbocycles. The van der Waals surface area contributed by atoms with Crippen LogP contribution in [0.2, 0.25) is 0 Å². The predicted octanol–water partition coefficient (Wildman–Crippen LogP) is 2.56. The van der Waals surface area contributed by atoms with Crippen molar-refractivity contribution >= 4 is 35.2 Å². The molecule has 252 valence electrons. The molecule has 4 N–H and O–H groups in total. The molecular formula is C32H50N4O8S. The number of ketones is 1. The van der Waals surface area contributed by atoms with Crippen LogP contribution in [0.1, 0.15) is 58.8 Å². The molecule has 0 aromatic heterocycles. The topological polar surface area (TPSA) is 157 Å². The van der Waals surface area contributed by atoms with Crippen LogP contribution in [0.15, 0.2) is 16.3 Å². The Hall–Kier alpha value is -2.63. The van der Waals surface area contributed by atoms with Crippen molar-refractivity contribution in [1.82, 2.24) is 16.0 Å².